The molecule has 1 heterocycles. The second kappa shape index (κ2) is 7.81. The second-order valence-corrected chi connectivity index (χ2v) is 8.13. The molecule has 2 fully saturated rings. The van der Waals surface area contributed by atoms with Crippen molar-refractivity contribution in [3.8, 4) is 0 Å². The highest BCUT2D eigenvalue weighted by atomic mass is 16.6. The Morgan fingerprint density at radius 1 is 1.39 bits per heavy atom. The SMILES string of the molecule is CC(C)(C)OC(=O)NC1CC(CC(O)C2CC2)CN(CCN)C1. The van der Waals surface area contributed by atoms with Crippen molar-refractivity contribution in [3.05, 3.63) is 0 Å². The molecule has 1 aliphatic heterocycles. The van der Waals surface area contributed by atoms with E-state index in [0.29, 0.717) is 18.4 Å². The van der Waals surface area contributed by atoms with Crippen molar-refractivity contribution >= 4 is 6.09 Å². The maximum atomic E-state index is 12.0. The fraction of sp³-hybridized carbons (Fsp3) is 0.941. The largest absolute Gasteiger partial charge is 0.444 e. The van der Waals surface area contributed by atoms with Crippen LogP contribution < -0.4 is 11.1 Å². The number of nitrogens with zero attached hydrogens (tertiary/aromatic N) is 1. The number of amides is 1. The number of carbonyl (C=O) groups is 1. The summed E-state index contributed by atoms with van der Waals surface area (Å²) >= 11 is 0. The zero-order valence-electron chi connectivity index (χ0n) is 14.8. The first-order chi connectivity index (χ1) is 10.8. The third kappa shape index (κ3) is 6.65. The number of carbonyl (C=O) groups excluding carboxylic acids is 1. The fourth-order valence-corrected chi connectivity index (χ4v) is 3.43. The molecular weight excluding hydrogens is 294 g/mol. The maximum absolute atomic E-state index is 12.0. The van der Waals surface area contributed by atoms with Crippen molar-refractivity contribution < 1.29 is 14.6 Å². The number of nitrogens with two attached hydrogens (primary N) is 1. The van der Waals surface area contributed by atoms with E-state index in [9.17, 15) is 9.90 Å². The molecule has 6 heteroatoms. The van der Waals surface area contributed by atoms with Crippen LogP contribution in [-0.2, 0) is 4.74 Å². The summed E-state index contributed by atoms with van der Waals surface area (Å²) in [5.74, 6) is 0.892. The van der Waals surface area contributed by atoms with Crippen LogP contribution in [0.4, 0.5) is 4.79 Å². The molecule has 2 aliphatic rings. The van der Waals surface area contributed by atoms with Gasteiger partial charge in [0.2, 0.25) is 0 Å². The molecule has 1 amide bonds. The van der Waals surface area contributed by atoms with Gasteiger partial charge in [0.1, 0.15) is 5.60 Å². The highest BCUT2D eigenvalue weighted by Gasteiger charge is 2.35. The van der Waals surface area contributed by atoms with Crippen LogP contribution in [-0.4, -0.2) is 60.0 Å². The predicted molar refractivity (Wildman–Crippen MR) is 90.1 cm³/mol. The Morgan fingerprint density at radius 3 is 2.65 bits per heavy atom. The van der Waals surface area contributed by atoms with Crippen molar-refractivity contribution in [1.82, 2.24) is 10.2 Å². The van der Waals surface area contributed by atoms with E-state index >= 15 is 0 Å². The molecule has 4 N–H and O–H groups in total. The Morgan fingerprint density at radius 2 is 2.09 bits per heavy atom. The third-order valence-electron chi connectivity index (χ3n) is 4.52. The zero-order chi connectivity index (χ0) is 17.0. The lowest BCUT2D eigenvalue weighted by atomic mass is 9.88. The van der Waals surface area contributed by atoms with E-state index in [-0.39, 0.29) is 18.2 Å². The van der Waals surface area contributed by atoms with Gasteiger partial charge in [-0.1, -0.05) is 0 Å². The standard InChI is InChI=1S/C17H33N3O3/c1-17(2,3)23-16(22)19-14-8-12(9-15(21)13-4-5-13)10-20(11-14)7-6-18/h12-15,21H,4-11,18H2,1-3H3,(H,19,22). The minimum Gasteiger partial charge on any atom is -0.444 e. The van der Waals surface area contributed by atoms with Crippen LogP contribution in [0.5, 0.6) is 0 Å². The molecule has 134 valence electrons. The zero-order valence-corrected chi connectivity index (χ0v) is 14.8. The normalized spacial score (nSPS) is 27.5. The van der Waals surface area contributed by atoms with Crippen molar-refractivity contribution in [2.45, 2.75) is 64.2 Å². The second-order valence-electron chi connectivity index (χ2n) is 8.13. The smallest absolute Gasteiger partial charge is 0.407 e. The quantitative estimate of drug-likeness (QED) is 0.685. The van der Waals surface area contributed by atoms with Gasteiger partial charge in [0.15, 0.2) is 0 Å². The fourth-order valence-electron chi connectivity index (χ4n) is 3.43. The predicted octanol–water partition coefficient (Wildman–Crippen LogP) is 1.32. The van der Waals surface area contributed by atoms with Gasteiger partial charge in [-0.15, -0.1) is 0 Å². The Kier molecular flexibility index (Phi) is 6.28. The first-order valence-electron chi connectivity index (χ1n) is 8.87. The van der Waals surface area contributed by atoms with Gasteiger partial charge >= 0.3 is 6.09 Å². The monoisotopic (exact) mass is 327 g/mol. The topological polar surface area (TPSA) is 87.8 Å². The average Bonchev–Trinajstić information content (AvgIpc) is 3.20. The van der Waals surface area contributed by atoms with Gasteiger partial charge in [0.25, 0.3) is 0 Å². The lowest BCUT2D eigenvalue weighted by Gasteiger charge is -2.38. The molecule has 3 atom stereocenters. The van der Waals surface area contributed by atoms with E-state index in [4.69, 9.17) is 10.5 Å². The number of alkyl carbamates (subject to hydrolysis) is 1. The molecule has 23 heavy (non-hydrogen) atoms. The van der Waals surface area contributed by atoms with Gasteiger partial charge in [0.05, 0.1) is 6.10 Å². The van der Waals surface area contributed by atoms with E-state index in [1.165, 1.54) is 0 Å². The Labute approximate surface area is 139 Å². The first-order valence-corrected chi connectivity index (χ1v) is 8.87. The molecule has 1 saturated carbocycles. The van der Waals surface area contributed by atoms with Gasteiger partial charge in [-0.25, -0.2) is 4.79 Å². The van der Waals surface area contributed by atoms with E-state index in [0.717, 1.165) is 45.3 Å². The molecule has 0 aromatic rings. The van der Waals surface area contributed by atoms with Crippen LogP contribution >= 0.6 is 0 Å². The summed E-state index contributed by atoms with van der Waals surface area (Å²) in [5.41, 5.74) is 5.20. The minimum absolute atomic E-state index is 0.0570. The van der Waals surface area contributed by atoms with Crippen LogP contribution in [0.2, 0.25) is 0 Å². The van der Waals surface area contributed by atoms with Crippen molar-refractivity contribution in [2.75, 3.05) is 26.2 Å². The summed E-state index contributed by atoms with van der Waals surface area (Å²) in [5, 5.41) is 13.2. The van der Waals surface area contributed by atoms with Gasteiger partial charge in [-0.2, -0.15) is 0 Å². The number of piperidine rings is 1. The van der Waals surface area contributed by atoms with Gasteiger partial charge in [0, 0.05) is 32.2 Å². The third-order valence-corrected chi connectivity index (χ3v) is 4.52. The van der Waals surface area contributed by atoms with Crippen molar-refractivity contribution in [2.24, 2.45) is 17.6 Å². The number of likely N-dealkylation sites (tertiary alicyclic amines) is 1. The van der Waals surface area contributed by atoms with Gasteiger partial charge in [-0.3, -0.25) is 4.90 Å². The number of hydrogen-bond acceptors (Lipinski definition) is 5. The summed E-state index contributed by atoms with van der Waals surface area (Å²) < 4.78 is 5.36. The molecule has 0 spiro atoms. The summed E-state index contributed by atoms with van der Waals surface area (Å²) in [4.78, 5) is 14.3. The molecule has 0 aromatic carbocycles. The van der Waals surface area contributed by atoms with E-state index in [1.807, 2.05) is 20.8 Å². The van der Waals surface area contributed by atoms with Crippen LogP contribution in [0.25, 0.3) is 0 Å². The summed E-state index contributed by atoms with van der Waals surface area (Å²) in [6.45, 7) is 8.77. The Hall–Kier alpha value is -0.850. The summed E-state index contributed by atoms with van der Waals surface area (Å²) in [6.07, 6.45) is 3.46. The molecule has 6 nitrogen and oxygen atoms in total. The average molecular weight is 327 g/mol. The number of nitrogens with one attached hydrogen (secondary N) is 1. The highest BCUT2D eigenvalue weighted by Crippen LogP contribution is 2.36. The molecule has 0 bridgehead atoms. The molecule has 2 rings (SSSR count). The number of ether oxygens (including phenoxy) is 1. The van der Waals surface area contributed by atoms with Crippen molar-refractivity contribution in [3.63, 3.8) is 0 Å². The number of rotatable bonds is 6. The lowest BCUT2D eigenvalue weighted by molar-refractivity contribution is 0.0411. The lowest BCUT2D eigenvalue weighted by Crippen LogP contribution is -2.53. The Bertz CT molecular complexity index is 393. The maximum Gasteiger partial charge on any atom is 0.407 e. The van der Waals surface area contributed by atoms with E-state index in [1.54, 1.807) is 0 Å². The van der Waals surface area contributed by atoms with Crippen LogP contribution in [0.15, 0.2) is 0 Å². The molecule has 1 saturated heterocycles. The first kappa shape index (κ1) is 18.5. The van der Waals surface area contributed by atoms with Crippen molar-refractivity contribution in [1.29, 1.82) is 0 Å². The van der Waals surface area contributed by atoms with Crippen LogP contribution in [0.3, 0.4) is 0 Å². The number of aliphatic hydroxyl groups is 1. The van der Waals surface area contributed by atoms with E-state index in [2.05, 4.69) is 10.2 Å². The molecular formula is C17H33N3O3. The number of hydrogen-bond donors (Lipinski definition) is 3. The molecule has 0 radical (unpaired) electrons. The molecule has 3 unspecified atom stereocenters. The molecule has 1 aliphatic carbocycles. The van der Waals surface area contributed by atoms with Crippen LogP contribution in [0.1, 0.15) is 46.5 Å². The minimum atomic E-state index is -0.489. The van der Waals surface area contributed by atoms with Crippen LogP contribution in [0, 0.1) is 11.8 Å². The van der Waals surface area contributed by atoms with E-state index < -0.39 is 5.60 Å². The molecule has 0 aromatic heterocycles. The Balaban J connectivity index is 1.87. The highest BCUT2D eigenvalue weighted by molar-refractivity contribution is 5.68. The van der Waals surface area contributed by atoms with Gasteiger partial charge < -0.3 is 20.9 Å². The summed E-state index contributed by atoms with van der Waals surface area (Å²) in [6, 6.07) is 0.0570. The number of aliphatic hydroxyl groups excluding tert-OH is 1. The summed E-state index contributed by atoms with van der Waals surface area (Å²) in [7, 11) is 0. The van der Waals surface area contributed by atoms with Gasteiger partial charge in [-0.05, 0) is 58.3 Å².